The van der Waals surface area contributed by atoms with Crippen LogP contribution in [0.25, 0.3) is 0 Å². The van der Waals surface area contributed by atoms with Gasteiger partial charge in [-0.15, -0.1) is 0 Å². The molecule has 0 saturated heterocycles. The van der Waals surface area contributed by atoms with Gasteiger partial charge in [0.25, 0.3) is 0 Å². The van der Waals surface area contributed by atoms with E-state index in [2.05, 4.69) is 45.1 Å². The van der Waals surface area contributed by atoms with Crippen LogP contribution in [0, 0.1) is 0 Å². The van der Waals surface area contributed by atoms with E-state index in [0.717, 1.165) is 23.1 Å². The van der Waals surface area contributed by atoms with Gasteiger partial charge in [-0.3, -0.25) is 0 Å². The Balaban J connectivity index is 2.80. The van der Waals surface area contributed by atoms with Crippen LogP contribution in [0.5, 0.6) is 0 Å². The Morgan fingerprint density at radius 2 is 2.07 bits per heavy atom. The van der Waals surface area contributed by atoms with Crippen molar-refractivity contribution in [3.05, 3.63) is 16.0 Å². The van der Waals surface area contributed by atoms with Crippen LogP contribution in [-0.2, 0) is 0 Å². The SMILES string of the molecule is CCC(CC)Nc1ncnc(Cl)c1Br. The van der Waals surface area contributed by atoms with Crippen LogP contribution in [0.2, 0.25) is 5.15 Å². The molecule has 3 nitrogen and oxygen atoms in total. The normalized spacial score (nSPS) is 10.6. The summed E-state index contributed by atoms with van der Waals surface area (Å²) < 4.78 is 0.730. The molecule has 0 aromatic carbocycles. The third kappa shape index (κ3) is 2.82. The first kappa shape index (κ1) is 11.7. The number of nitrogens with zero attached hydrogens (tertiary/aromatic N) is 2. The minimum absolute atomic E-state index is 0.428. The van der Waals surface area contributed by atoms with Crippen molar-refractivity contribution in [3.8, 4) is 0 Å². The summed E-state index contributed by atoms with van der Waals surface area (Å²) in [5.74, 6) is 0.763. The lowest BCUT2D eigenvalue weighted by molar-refractivity contribution is 0.667. The molecular formula is C9H13BrClN3. The molecule has 0 saturated carbocycles. The highest BCUT2D eigenvalue weighted by molar-refractivity contribution is 9.10. The molecule has 0 spiro atoms. The van der Waals surface area contributed by atoms with E-state index in [-0.39, 0.29) is 0 Å². The summed E-state index contributed by atoms with van der Waals surface area (Å²) in [4.78, 5) is 7.99. The molecule has 1 heterocycles. The highest BCUT2D eigenvalue weighted by Gasteiger charge is 2.09. The van der Waals surface area contributed by atoms with Gasteiger partial charge in [0, 0.05) is 6.04 Å². The zero-order valence-electron chi connectivity index (χ0n) is 8.22. The fourth-order valence-electron chi connectivity index (χ4n) is 1.14. The average Bonchev–Trinajstić information content (AvgIpc) is 2.20. The van der Waals surface area contributed by atoms with E-state index in [1.807, 2.05) is 0 Å². The van der Waals surface area contributed by atoms with E-state index >= 15 is 0 Å². The second-order valence-corrected chi connectivity index (χ2v) is 4.14. The molecule has 0 atom stereocenters. The van der Waals surface area contributed by atoms with E-state index in [4.69, 9.17) is 11.6 Å². The molecule has 0 aliphatic carbocycles. The maximum absolute atomic E-state index is 5.85. The third-order valence-electron chi connectivity index (χ3n) is 2.07. The van der Waals surface area contributed by atoms with Crippen LogP contribution < -0.4 is 5.32 Å². The quantitative estimate of drug-likeness (QED) is 0.857. The van der Waals surface area contributed by atoms with E-state index in [1.54, 1.807) is 0 Å². The zero-order chi connectivity index (χ0) is 10.6. The lowest BCUT2D eigenvalue weighted by Crippen LogP contribution is -2.18. The predicted molar refractivity (Wildman–Crippen MR) is 62.7 cm³/mol. The second-order valence-electron chi connectivity index (χ2n) is 2.98. The van der Waals surface area contributed by atoms with Crippen LogP contribution in [0.15, 0.2) is 10.8 Å². The monoisotopic (exact) mass is 277 g/mol. The summed E-state index contributed by atoms with van der Waals surface area (Å²) in [6.45, 7) is 4.27. The van der Waals surface area contributed by atoms with Gasteiger partial charge in [-0.1, -0.05) is 25.4 Å². The van der Waals surface area contributed by atoms with Gasteiger partial charge >= 0.3 is 0 Å². The smallest absolute Gasteiger partial charge is 0.148 e. The Bertz CT molecular complexity index is 302. The molecule has 1 N–H and O–H groups in total. The molecule has 0 unspecified atom stereocenters. The van der Waals surface area contributed by atoms with Crippen molar-refractivity contribution in [2.75, 3.05) is 5.32 Å². The minimum Gasteiger partial charge on any atom is -0.366 e. The van der Waals surface area contributed by atoms with Gasteiger partial charge in [0.15, 0.2) is 0 Å². The van der Waals surface area contributed by atoms with Gasteiger partial charge in [-0.05, 0) is 28.8 Å². The first-order chi connectivity index (χ1) is 6.69. The largest absolute Gasteiger partial charge is 0.366 e. The summed E-state index contributed by atoms with van der Waals surface area (Å²) in [5.41, 5.74) is 0. The highest BCUT2D eigenvalue weighted by atomic mass is 79.9. The number of rotatable bonds is 4. The second kappa shape index (κ2) is 5.51. The zero-order valence-corrected chi connectivity index (χ0v) is 10.6. The van der Waals surface area contributed by atoms with Gasteiger partial charge in [0.1, 0.15) is 17.3 Å². The summed E-state index contributed by atoms with van der Waals surface area (Å²) in [6, 6.07) is 0.428. The molecule has 1 aromatic heterocycles. The van der Waals surface area contributed by atoms with Crippen LogP contribution in [0.4, 0.5) is 5.82 Å². The molecule has 0 amide bonds. The van der Waals surface area contributed by atoms with Gasteiger partial charge in [-0.25, -0.2) is 9.97 Å². The van der Waals surface area contributed by atoms with Gasteiger partial charge < -0.3 is 5.32 Å². The van der Waals surface area contributed by atoms with Gasteiger partial charge in [-0.2, -0.15) is 0 Å². The van der Waals surface area contributed by atoms with Crippen molar-refractivity contribution in [1.29, 1.82) is 0 Å². The Kier molecular flexibility index (Phi) is 4.62. The topological polar surface area (TPSA) is 37.8 Å². The predicted octanol–water partition coefficient (Wildman–Crippen LogP) is 3.49. The number of hydrogen-bond acceptors (Lipinski definition) is 3. The van der Waals surface area contributed by atoms with Crippen LogP contribution in [-0.4, -0.2) is 16.0 Å². The molecule has 1 rings (SSSR count). The third-order valence-corrected chi connectivity index (χ3v) is 3.34. The van der Waals surface area contributed by atoms with Crippen LogP contribution in [0.3, 0.4) is 0 Å². The van der Waals surface area contributed by atoms with Crippen molar-refractivity contribution >= 4 is 33.3 Å². The molecular weight excluding hydrogens is 265 g/mol. The van der Waals surface area contributed by atoms with Crippen molar-refractivity contribution in [2.24, 2.45) is 0 Å². The Labute approximate surface area is 97.4 Å². The molecule has 14 heavy (non-hydrogen) atoms. The average molecular weight is 279 g/mol. The van der Waals surface area contributed by atoms with Crippen LogP contribution >= 0.6 is 27.5 Å². The first-order valence-corrected chi connectivity index (χ1v) is 5.78. The lowest BCUT2D eigenvalue weighted by atomic mass is 10.2. The summed E-state index contributed by atoms with van der Waals surface area (Å²) in [5, 5.41) is 3.74. The molecule has 0 fully saturated rings. The number of anilines is 1. The van der Waals surface area contributed by atoms with Crippen LogP contribution in [0.1, 0.15) is 26.7 Å². The van der Waals surface area contributed by atoms with Crippen molar-refractivity contribution < 1.29 is 0 Å². The Hall–Kier alpha value is -0.350. The Morgan fingerprint density at radius 3 is 2.64 bits per heavy atom. The molecule has 5 heteroatoms. The maximum Gasteiger partial charge on any atom is 0.148 e. The summed E-state index contributed by atoms with van der Waals surface area (Å²) >= 11 is 9.19. The fourth-order valence-corrected chi connectivity index (χ4v) is 1.59. The molecule has 1 aromatic rings. The summed E-state index contributed by atoms with van der Waals surface area (Å²) in [6.07, 6.45) is 3.58. The number of halogens is 2. The fraction of sp³-hybridized carbons (Fsp3) is 0.556. The molecule has 0 radical (unpaired) electrons. The van der Waals surface area contributed by atoms with E-state index < -0.39 is 0 Å². The molecule has 0 aliphatic rings. The van der Waals surface area contributed by atoms with Crippen molar-refractivity contribution in [2.45, 2.75) is 32.7 Å². The first-order valence-electron chi connectivity index (χ1n) is 4.61. The summed E-state index contributed by atoms with van der Waals surface area (Å²) in [7, 11) is 0. The van der Waals surface area contributed by atoms with Crippen molar-refractivity contribution in [3.63, 3.8) is 0 Å². The number of nitrogens with one attached hydrogen (secondary N) is 1. The Morgan fingerprint density at radius 1 is 1.43 bits per heavy atom. The van der Waals surface area contributed by atoms with E-state index in [0.29, 0.717) is 11.2 Å². The van der Waals surface area contributed by atoms with E-state index in [9.17, 15) is 0 Å². The minimum atomic E-state index is 0.428. The molecule has 0 aliphatic heterocycles. The molecule has 0 bridgehead atoms. The van der Waals surface area contributed by atoms with Crippen molar-refractivity contribution in [1.82, 2.24) is 9.97 Å². The number of aromatic nitrogens is 2. The number of hydrogen-bond donors (Lipinski definition) is 1. The van der Waals surface area contributed by atoms with Gasteiger partial charge in [0.2, 0.25) is 0 Å². The lowest BCUT2D eigenvalue weighted by Gasteiger charge is -2.16. The van der Waals surface area contributed by atoms with E-state index in [1.165, 1.54) is 6.33 Å². The highest BCUT2D eigenvalue weighted by Crippen LogP contribution is 2.26. The molecule has 78 valence electrons. The standard InChI is InChI=1S/C9H13BrClN3/c1-3-6(4-2)14-9-7(10)8(11)12-5-13-9/h5-6H,3-4H2,1-2H3,(H,12,13,14). The van der Waals surface area contributed by atoms with Gasteiger partial charge in [0.05, 0.1) is 4.47 Å². The maximum atomic E-state index is 5.85.